The van der Waals surface area contributed by atoms with E-state index in [0.29, 0.717) is 27.3 Å². The van der Waals surface area contributed by atoms with Gasteiger partial charge in [-0.2, -0.15) is 0 Å². The van der Waals surface area contributed by atoms with Gasteiger partial charge < -0.3 is 0 Å². The van der Waals surface area contributed by atoms with E-state index in [1.807, 2.05) is 0 Å². The second-order valence-corrected chi connectivity index (χ2v) is 5.90. The molecule has 3 rings (SSSR count). The van der Waals surface area contributed by atoms with Gasteiger partial charge in [-0.15, -0.1) is 0 Å². The van der Waals surface area contributed by atoms with Crippen LogP contribution in [0.5, 0.6) is 0 Å². The van der Waals surface area contributed by atoms with Crippen LogP contribution in [0.2, 0.25) is 5.02 Å². The Morgan fingerprint density at radius 1 is 0.889 bits per heavy atom. The molecule has 0 saturated carbocycles. The predicted octanol–water partition coefficient (Wildman–Crippen LogP) is 4.56. The van der Waals surface area contributed by atoms with Gasteiger partial charge in [-0.05, 0) is 18.2 Å². The van der Waals surface area contributed by atoms with Gasteiger partial charge in [-0.3, -0.25) is 4.79 Å². The molecule has 90 valence electrons. The lowest BCUT2D eigenvalue weighted by Crippen LogP contribution is -2.26. The number of alkyl halides is 2. The highest BCUT2D eigenvalue weighted by atomic mass is 35.5. The third kappa shape index (κ3) is 1.58. The molecule has 1 aliphatic carbocycles. The lowest BCUT2D eigenvalue weighted by molar-refractivity contribution is 0.103. The minimum atomic E-state index is -1.25. The van der Waals surface area contributed by atoms with E-state index in [0.717, 1.165) is 0 Å². The molecule has 1 nitrogen and oxygen atoms in total. The van der Waals surface area contributed by atoms with Crippen LogP contribution in [0.4, 0.5) is 0 Å². The first-order chi connectivity index (χ1) is 8.51. The predicted molar refractivity (Wildman–Crippen MR) is 73.8 cm³/mol. The average molecular weight is 298 g/mol. The number of rotatable bonds is 0. The van der Waals surface area contributed by atoms with E-state index >= 15 is 0 Å². The lowest BCUT2D eigenvalue weighted by atomic mass is 9.84. The van der Waals surface area contributed by atoms with E-state index in [1.54, 1.807) is 42.5 Å². The number of carbonyl (C=O) groups is 1. The Balaban J connectivity index is 2.37. The maximum absolute atomic E-state index is 12.3. The molecule has 0 aliphatic heterocycles. The zero-order valence-electron chi connectivity index (χ0n) is 9.08. The summed E-state index contributed by atoms with van der Waals surface area (Å²) in [7, 11) is 0. The van der Waals surface area contributed by atoms with Gasteiger partial charge in [0, 0.05) is 27.3 Å². The summed E-state index contributed by atoms with van der Waals surface area (Å²) < 4.78 is -1.25. The summed E-state index contributed by atoms with van der Waals surface area (Å²) in [5.41, 5.74) is 2.19. The highest BCUT2D eigenvalue weighted by Crippen LogP contribution is 2.48. The van der Waals surface area contributed by atoms with Crippen LogP contribution in [0.15, 0.2) is 42.5 Å². The molecular weight excluding hydrogens is 291 g/mol. The summed E-state index contributed by atoms with van der Waals surface area (Å²) in [6.07, 6.45) is 0. The Hall–Kier alpha value is -1.02. The van der Waals surface area contributed by atoms with Gasteiger partial charge in [0.05, 0.1) is 0 Å². The van der Waals surface area contributed by atoms with Crippen LogP contribution in [-0.2, 0) is 4.33 Å². The highest BCUT2D eigenvalue weighted by molar-refractivity contribution is 6.51. The van der Waals surface area contributed by atoms with Crippen molar-refractivity contribution in [3.8, 4) is 0 Å². The fraction of sp³-hybridized carbons (Fsp3) is 0.0714. The molecule has 2 aromatic rings. The summed E-state index contributed by atoms with van der Waals surface area (Å²) in [5, 5.41) is 0.506. The Morgan fingerprint density at radius 2 is 1.56 bits per heavy atom. The molecule has 0 fully saturated rings. The molecule has 0 spiro atoms. The van der Waals surface area contributed by atoms with Gasteiger partial charge in [0.25, 0.3) is 0 Å². The van der Waals surface area contributed by atoms with E-state index in [2.05, 4.69) is 0 Å². The van der Waals surface area contributed by atoms with Crippen molar-refractivity contribution in [2.24, 2.45) is 0 Å². The van der Waals surface area contributed by atoms with Crippen molar-refractivity contribution in [3.63, 3.8) is 0 Å². The van der Waals surface area contributed by atoms with Crippen LogP contribution >= 0.6 is 34.8 Å². The number of fused-ring (bicyclic) bond motifs is 2. The zero-order chi connectivity index (χ0) is 12.9. The monoisotopic (exact) mass is 296 g/mol. The standard InChI is InChI=1S/C14H7Cl3O/c15-8-5-6-10-12(7-8)14(16,17)11-4-2-1-3-9(11)13(10)18/h1-7H. The van der Waals surface area contributed by atoms with Gasteiger partial charge in [0.1, 0.15) is 0 Å². The van der Waals surface area contributed by atoms with Gasteiger partial charge in [0.15, 0.2) is 10.1 Å². The molecule has 0 saturated heterocycles. The molecule has 1 aliphatic rings. The average Bonchev–Trinajstić information content (AvgIpc) is 2.36. The number of benzene rings is 2. The van der Waals surface area contributed by atoms with Crippen molar-refractivity contribution >= 4 is 40.6 Å². The first-order valence-corrected chi connectivity index (χ1v) is 6.47. The summed E-state index contributed by atoms with van der Waals surface area (Å²) in [5.74, 6) is -0.0748. The minimum absolute atomic E-state index is 0.0748. The second-order valence-electron chi connectivity index (χ2n) is 4.14. The molecule has 0 N–H and O–H groups in total. The van der Waals surface area contributed by atoms with Crippen LogP contribution in [0.3, 0.4) is 0 Å². The van der Waals surface area contributed by atoms with Crippen LogP contribution in [0.1, 0.15) is 27.0 Å². The Morgan fingerprint density at radius 3 is 2.33 bits per heavy atom. The van der Waals surface area contributed by atoms with Gasteiger partial charge in [-0.1, -0.05) is 59.1 Å². The van der Waals surface area contributed by atoms with E-state index in [9.17, 15) is 4.79 Å². The van der Waals surface area contributed by atoms with Crippen LogP contribution in [-0.4, -0.2) is 5.78 Å². The van der Waals surface area contributed by atoms with Crippen molar-refractivity contribution in [2.45, 2.75) is 4.33 Å². The van der Waals surface area contributed by atoms with Crippen LogP contribution < -0.4 is 0 Å². The number of carbonyl (C=O) groups excluding carboxylic acids is 1. The van der Waals surface area contributed by atoms with E-state index in [1.165, 1.54) is 0 Å². The van der Waals surface area contributed by atoms with Crippen molar-refractivity contribution in [1.82, 2.24) is 0 Å². The second kappa shape index (κ2) is 3.99. The Kier molecular flexibility index (Phi) is 2.67. The molecule has 0 amide bonds. The smallest absolute Gasteiger partial charge is 0.193 e. The van der Waals surface area contributed by atoms with Crippen LogP contribution in [0.25, 0.3) is 0 Å². The molecule has 0 unspecified atom stereocenters. The quantitative estimate of drug-likeness (QED) is 0.651. The molecular formula is C14H7Cl3O. The first-order valence-electron chi connectivity index (χ1n) is 5.34. The summed E-state index contributed by atoms with van der Waals surface area (Å²) >= 11 is 18.8. The number of hydrogen-bond donors (Lipinski definition) is 0. The maximum Gasteiger partial charge on any atom is 0.193 e. The number of ketones is 1. The third-order valence-electron chi connectivity index (χ3n) is 3.07. The molecule has 0 bridgehead atoms. The summed E-state index contributed by atoms with van der Waals surface area (Å²) in [4.78, 5) is 12.3. The Labute approximate surface area is 119 Å². The SMILES string of the molecule is O=C1c2ccccc2C(Cl)(Cl)c2cc(Cl)ccc21. The van der Waals surface area contributed by atoms with Crippen LogP contribution in [0, 0.1) is 0 Å². The summed E-state index contributed by atoms with van der Waals surface area (Å²) in [6.45, 7) is 0. The van der Waals surface area contributed by atoms with Gasteiger partial charge in [0.2, 0.25) is 0 Å². The normalized spacial score (nSPS) is 16.1. The lowest BCUT2D eigenvalue weighted by Gasteiger charge is -2.29. The number of hydrogen-bond acceptors (Lipinski definition) is 1. The molecule has 4 heteroatoms. The topological polar surface area (TPSA) is 17.1 Å². The van der Waals surface area contributed by atoms with Crippen molar-refractivity contribution < 1.29 is 4.79 Å². The maximum atomic E-state index is 12.3. The third-order valence-corrected chi connectivity index (χ3v) is 4.12. The van der Waals surface area contributed by atoms with E-state index < -0.39 is 4.33 Å². The molecule has 18 heavy (non-hydrogen) atoms. The fourth-order valence-corrected chi connectivity index (χ4v) is 3.03. The van der Waals surface area contributed by atoms with E-state index in [-0.39, 0.29) is 5.78 Å². The van der Waals surface area contributed by atoms with Gasteiger partial charge in [-0.25, -0.2) is 0 Å². The van der Waals surface area contributed by atoms with Crippen molar-refractivity contribution in [2.75, 3.05) is 0 Å². The Bertz CT molecular complexity index is 662. The summed E-state index contributed by atoms with van der Waals surface area (Å²) in [6, 6.07) is 12.1. The van der Waals surface area contributed by atoms with Gasteiger partial charge >= 0.3 is 0 Å². The molecule has 0 heterocycles. The van der Waals surface area contributed by atoms with E-state index in [4.69, 9.17) is 34.8 Å². The highest BCUT2D eigenvalue weighted by Gasteiger charge is 2.40. The molecule has 2 aromatic carbocycles. The zero-order valence-corrected chi connectivity index (χ0v) is 11.4. The molecule has 0 aromatic heterocycles. The largest absolute Gasteiger partial charge is 0.289 e. The minimum Gasteiger partial charge on any atom is -0.289 e. The number of halogens is 3. The fourth-order valence-electron chi connectivity index (χ4n) is 2.22. The van der Waals surface area contributed by atoms with Crippen molar-refractivity contribution in [1.29, 1.82) is 0 Å². The van der Waals surface area contributed by atoms with Crippen molar-refractivity contribution in [3.05, 3.63) is 69.7 Å². The molecule has 0 atom stereocenters. The first kappa shape index (κ1) is 12.0. The molecule has 0 radical (unpaired) electrons.